The molecule has 0 radical (unpaired) electrons. The van der Waals surface area contributed by atoms with Crippen LogP contribution in [0.2, 0.25) is 0 Å². The minimum atomic E-state index is -0.439. The number of benzene rings is 1. The van der Waals surface area contributed by atoms with Crippen molar-refractivity contribution in [3.63, 3.8) is 0 Å². The molecule has 1 aromatic carbocycles. The van der Waals surface area contributed by atoms with Gasteiger partial charge in [-0.2, -0.15) is 0 Å². The molecule has 0 atom stereocenters. The van der Waals surface area contributed by atoms with E-state index in [1.807, 2.05) is 0 Å². The number of alkyl halides is 1. The third-order valence-electron chi connectivity index (χ3n) is 2.06. The Morgan fingerprint density at radius 1 is 1.29 bits per heavy atom. The van der Waals surface area contributed by atoms with Gasteiger partial charge >= 0.3 is 0 Å². The number of halogens is 3. The maximum Gasteiger partial charge on any atom is 0.219 e. The van der Waals surface area contributed by atoms with Crippen molar-refractivity contribution in [2.45, 2.75) is 5.88 Å². The van der Waals surface area contributed by atoms with E-state index in [1.165, 1.54) is 6.07 Å². The molecule has 1 aromatic heterocycles. The highest BCUT2D eigenvalue weighted by molar-refractivity contribution is 9.10. The van der Waals surface area contributed by atoms with Gasteiger partial charge in [-0.15, -0.1) is 11.6 Å². The van der Waals surface area contributed by atoms with Crippen molar-refractivity contribution < 1.29 is 9.13 Å². The van der Waals surface area contributed by atoms with Crippen LogP contribution >= 0.6 is 27.5 Å². The molecule has 1 heterocycles. The van der Waals surface area contributed by atoms with Gasteiger partial charge in [0.25, 0.3) is 0 Å². The fraction of sp³-hybridized carbons (Fsp3) is 0.0833. The average Bonchev–Trinajstić information content (AvgIpc) is 2.34. The van der Waals surface area contributed by atoms with Crippen molar-refractivity contribution in [3.05, 3.63) is 52.4 Å². The first-order valence-electron chi connectivity index (χ1n) is 4.83. The van der Waals surface area contributed by atoms with E-state index in [0.29, 0.717) is 11.8 Å². The highest BCUT2D eigenvalue weighted by Crippen LogP contribution is 2.26. The molecule has 0 saturated carbocycles. The van der Waals surface area contributed by atoms with Crippen LogP contribution in [-0.2, 0) is 5.88 Å². The van der Waals surface area contributed by atoms with Gasteiger partial charge in [-0.1, -0.05) is 15.9 Å². The van der Waals surface area contributed by atoms with Crippen molar-refractivity contribution in [2.75, 3.05) is 0 Å². The molecule has 2 rings (SSSR count). The number of ether oxygens (including phenoxy) is 1. The minimum absolute atomic E-state index is 0.124. The summed E-state index contributed by atoms with van der Waals surface area (Å²) in [4.78, 5) is 3.99. The van der Waals surface area contributed by atoms with Crippen molar-refractivity contribution in [1.29, 1.82) is 0 Å². The minimum Gasteiger partial charge on any atom is -0.436 e. The fourth-order valence-corrected chi connectivity index (χ4v) is 1.76. The molecule has 0 unspecified atom stereocenters. The first kappa shape index (κ1) is 12.3. The lowest BCUT2D eigenvalue weighted by atomic mass is 10.3. The Morgan fingerprint density at radius 3 is 2.88 bits per heavy atom. The van der Waals surface area contributed by atoms with Crippen LogP contribution in [0, 0.1) is 5.82 Å². The molecule has 0 N–H and O–H groups in total. The highest BCUT2D eigenvalue weighted by Gasteiger charge is 2.06. The van der Waals surface area contributed by atoms with Gasteiger partial charge in [0.1, 0.15) is 0 Å². The van der Waals surface area contributed by atoms with E-state index in [1.54, 1.807) is 30.5 Å². The van der Waals surface area contributed by atoms with Crippen LogP contribution in [0.15, 0.2) is 41.0 Å². The Labute approximate surface area is 112 Å². The SMILES string of the molecule is Fc1ccc(Br)cc1Oc1cc(CCl)ccn1. The first-order chi connectivity index (χ1) is 8.19. The summed E-state index contributed by atoms with van der Waals surface area (Å²) in [5.74, 6) is 0.366. The molecule has 0 aliphatic heterocycles. The third-order valence-corrected chi connectivity index (χ3v) is 2.86. The number of pyridine rings is 1. The maximum atomic E-state index is 13.4. The average molecular weight is 317 g/mol. The zero-order valence-corrected chi connectivity index (χ0v) is 11.0. The Kier molecular flexibility index (Phi) is 3.97. The second-order valence-corrected chi connectivity index (χ2v) is 4.50. The van der Waals surface area contributed by atoms with Gasteiger partial charge in [-0.25, -0.2) is 9.37 Å². The Bertz CT molecular complexity index is 536. The Hall–Kier alpha value is -1.13. The Morgan fingerprint density at radius 2 is 2.12 bits per heavy atom. The normalized spacial score (nSPS) is 10.3. The topological polar surface area (TPSA) is 22.1 Å². The lowest BCUT2D eigenvalue weighted by Gasteiger charge is -2.06. The lowest BCUT2D eigenvalue weighted by molar-refractivity contribution is 0.427. The van der Waals surface area contributed by atoms with Crippen LogP contribution in [0.4, 0.5) is 4.39 Å². The summed E-state index contributed by atoms with van der Waals surface area (Å²) < 4.78 is 19.5. The molecule has 17 heavy (non-hydrogen) atoms. The molecule has 0 aliphatic carbocycles. The molecule has 0 amide bonds. The fourth-order valence-electron chi connectivity index (χ4n) is 1.26. The van der Waals surface area contributed by atoms with Crippen molar-refractivity contribution >= 4 is 27.5 Å². The number of rotatable bonds is 3. The summed E-state index contributed by atoms with van der Waals surface area (Å²) in [6.45, 7) is 0. The zero-order valence-electron chi connectivity index (χ0n) is 8.66. The van der Waals surface area contributed by atoms with Crippen LogP contribution in [-0.4, -0.2) is 4.98 Å². The van der Waals surface area contributed by atoms with Gasteiger partial charge < -0.3 is 4.74 Å². The largest absolute Gasteiger partial charge is 0.436 e. The maximum absolute atomic E-state index is 13.4. The summed E-state index contributed by atoms with van der Waals surface area (Å²) >= 11 is 8.94. The summed E-state index contributed by atoms with van der Waals surface area (Å²) in [6.07, 6.45) is 1.57. The number of nitrogens with zero attached hydrogens (tertiary/aromatic N) is 1. The van der Waals surface area contributed by atoms with Crippen molar-refractivity contribution in [2.24, 2.45) is 0 Å². The van der Waals surface area contributed by atoms with E-state index in [2.05, 4.69) is 20.9 Å². The lowest BCUT2D eigenvalue weighted by Crippen LogP contribution is -1.91. The van der Waals surface area contributed by atoms with Gasteiger partial charge in [-0.3, -0.25) is 0 Å². The highest BCUT2D eigenvalue weighted by atomic mass is 79.9. The standard InChI is InChI=1S/C12H8BrClFNO/c13-9-1-2-10(15)11(6-9)17-12-5-8(7-14)3-4-16-12/h1-6H,7H2. The van der Waals surface area contributed by atoms with E-state index in [4.69, 9.17) is 16.3 Å². The molecule has 88 valence electrons. The van der Waals surface area contributed by atoms with E-state index >= 15 is 0 Å². The molecule has 0 fully saturated rings. The van der Waals surface area contributed by atoms with Gasteiger partial charge in [0.05, 0.1) is 0 Å². The quantitative estimate of drug-likeness (QED) is 0.777. The zero-order chi connectivity index (χ0) is 12.3. The first-order valence-corrected chi connectivity index (χ1v) is 6.15. The third kappa shape index (κ3) is 3.17. The molecule has 2 nitrogen and oxygen atoms in total. The predicted molar refractivity (Wildman–Crippen MR) is 68.0 cm³/mol. The van der Waals surface area contributed by atoms with Gasteiger partial charge in [0, 0.05) is 22.6 Å². The molecule has 0 saturated heterocycles. The Balaban J connectivity index is 2.27. The van der Waals surface area contributed by atoms with Crippen molar-refractivity contribution in [1.82, 2.24) is 4.98 Å². The number of aromatic nitrogens is 1. The number of hydrogen-bond acceptors (Lipinski definition) is 2. The van der Waals surface area contributed by atoms with Crippen LogP contribution in [0.3, 0.4) is 0 Å². The predicted octanol–water partition coefficient (Wildman–Crippen LogP) is 4.51. The molecular formula is C12H8BrClFNO. The van der Waals surface area contributed by atoms with E-state index in [-0.39, 0.29) is 5.75 Å². The molecule has 0 aliphatic rings. The number of hydrogen-bond donors (Lipinski definition) is 0. The molecule has 2 aromatic rings. The van der Waals surface area contributed by atoms with Crippen LogP contribution in [0.25, 0.3) is 0 Å². The van der Waals surface area contributed by atoms with Gasteiger partial charge in [0.2, 0.25) is 5.88 Å². The summed E-state index contributed by atoms with van der Waals surface area (Å²) in [6, 6.07) is 7.92. The summed E-state index contributed by atoms with van der Waals surface area (Å²) in [5.41, 5.74) is 0.868. The summed E-state index contributed by atoms with van der Waals surface area (Å²) in [7, 11) is 0. The van der Waals surface area contributed by atoms with Crippen LogP contribution in [0.5, 0.6) is 11.6 Å². The molecule has 0 spiro atoms. The summed E-state index contributed by atoms with van der Waals surface area (Å²) in [5, 5.41) is 0. The second kappa shape index (κ2) is 5.47. The van der Waals surface area contributed by atoms with Crippen LogP contribution in [0.1, 0.15) is 5.56 Å². The van der Waals surface area contributed by atoms with E-state index < -0.39 is 5.82 Å². The van der Waals surface area contributed by atoms with Crippen molar-refractivity contribution in [3.8, 4) is 11.6 Å². The molecule has 0 bridgehead atoms. The smallest absolute Gasteiger partial charge is 0.219 e. The van der Waals surface area contributed by atoms with E-state index in [9.17, 15) is 4.39 Å². The van der Waals surface area contributed by atoms with Gasteiger partial charge in [0.15, 0.2) is 11.6 Å². The molecular weight excluding hydrogens is 308 g/mol. The molecule has 5 heteroatoms. The monoisotopic (exact) mass is 315 g/mol. The van der Waals surface area contributed by atoms with Crippen LogP contribution < -0.4 is 4.74 Å². The van der Waals surface area contributed by atoms with E-state index in [0.717, 1.165) is 10.0 Å². The second-order valence-electron chi connectivity index (χ2n) is 3.31. The van der Waals surface area contributed by atoms with Gasteiger partial charge in [-0.05, 0) is 29.8 Å².